The van der Waals surface area contributed by atoms with Crippen LogP contribution < -0.4 is 5.73 Å². The minimum Gasteiger partial charge on any atom is -0.342 e. The number of hydrogen-bond acceptors (Lipinski definition) is 2. The van der Waals surface area contributed by atoms with Crippen molar-refractivity contribution >= 4 is 5.91 Å². The summed E-state index contributed by atoms with van der Waals surface area (Å²) in [6.45, 7) is 6.14. The van der Waals surface area contributed by atoms with E-state index in [2.05, 4.69) is 6.92 Å². The molecule has 2 fully saturated rings. The smallest absolute Gasteiger partial charge is 0.227 e. The maximum atomic E-state index is 12.4. The molecule has 0 bridgehead atoms. The topological polar surface area (TPSA) is 46.3 Å². The molecule has 2 N–H and O–H groups in total. The molecule has 0 spiro atoms. The molecule has 1 saturated heterocycles. The summed E-state index contributed by atoms with van der Waals surface area (Å²) in [6, 6.07) is 0. The van der Waals surface area contributed by atoms with Gasteiger partial charge in [-0.15, -0.1) is 0 Å². The van der Waals surface area contributed by atoms with E-state index in [1.165, 1.54) is 6.42 Å². The number of carbonyl (C=O) groups excluding carboxylic acids is 1. The Labute approximate surface area is 98.4 Å². The normalized spacial score (nSPS) is 40.1. The van der Waals surface area contributed by atoms with Gasteiger partial charge in [0.25, 0.3) is 0 Å². The van der Waals surface area contributed by atoms with Crippen molar-refractivity contribution in [3.8, 4) is 0 Å². The Bertz CT molecular complexity index is 275. The molecule has 2 aliphatic rings. The third-order valence-electron chi connectivity index (χ3n) is 4.29. The zero-order chi connectivity index (χ0) is 11.8. The predicted molar refractivity (Wildman–Crippen MR) is 64.9 cm³/mol. The van der Waals surface area contributed by atoms with Crippen LogP contribution in [0.25, 0.3) is 0 Å². The van der Waals surface area contributed by atoms with Crippen LogP contribution in [0.5, 0.6) is 0 Å². The standard InChI is InChI=1S/C13H24N2O/c1-10-6-8-15(9-10)12(16)11-5-3-4-7-13(11,2)14/h10-11H,3-9,14H2,1-2H3. The number of nitrogens with two attached hydrogens (primary N) is 1. The largest absolute Gasteiger partial charge is 0.342 e. The van der Waals surface area contributed by atoms with Crippen molar-refractivity contribution in [1.29, 1.82) is 0 Å². The molecule has 1 heterocycles. The van der Waals surface area contributed by atoms with Gasteiger partial charge in [-0.3, -0.25) is 4.79 Å². The number of rotatable bonds is 1. The summed E-state index contributed by atoms with van der Waals surface area (Å²) in [5.74, 6) is 1.04. The fraction of sp³-hybridized carbons (Fsp3) is 0.923. The van der Waals surface area contributed by atoms with Gasteiger partial charge in [0, 0.05) is 18.6 Å². The second-order valence-corrected chi connectivity index (χ2v) is 5.98. The lowest BCUT2D eigenvalue weighted by Gasteiger charge is -2.39. The molecule has 0 aromatic heterocycles. The van der Waals surface area contributed by atoms with Crippen LogP contribution >= 0.6 is 0 Å². The van der Waals surface area contributed by atoms with Crippen molar-refractivity contribution in [3.63, 3.8) is 0 Å². The molecule has 3 unspecified atom stereocenters. The van der Waals surface area contributed by atoms with E-state index < -0.39 is 0 Å². The van der Waals surface area contributed by atoms with Crippen molar-refractivity contribution in [3.05, 3.63) is 0 Å². The van der Waals surface area contributed by atoms with E-state index in [4.69, 9.17) is 5.73 Å². The summed E-state index contributed by atoms with van der Waals surface area (Å²) >= 11 is 0. The zero-order valence-electron chi connectivity index (χ0n) is 10.5. The van der Waals surface area contributed by atoms with Gasteiger partial charge in [0.05, 0.1) is 5.92 Å². The van der Waals surface area contributed by atoms with E-state index in [-0.39, 0.29) is 11.5 Å². The van der Waals surface area contributed by atoms with Crippen LogP contribution in [0.4, 0.5) is 0 Å². The average molecular weight is 224 g/mol. The molecule has 1 saturated carbocycles. The Balaban J connectivity index is 2.03. The summed E-state index contributed by atoms with van der Waals surface area (Å²) in [5, 5.41) is 0. The van der Waals surface area contributed by atoms with E-state index in [1.54, 1.807) is 0 Å². The first kappa shape index (κ1) is 11.9. The van der Waals surface area contributed by atoms with Gasteiger partial charge in [-0.1, -0.05) is 19.8 Å². The molecule has 0 aromatic rings. The van der Waals surface area contributed by atoms with Crippen LogP contribution in [-0.4, -0.2) is 29.4 Å². The molecule has 2 rings (SSSR count). The van der Waals surface area contributed by atoms with Crippen molar-refractivity contribution < 1.29 is 4.79 Å². The third-order valence-corrected chi connectivity index (χ3v) is 4.29. The summed E-state index contributed by atoms with van der Waals surface area (Å²) in [7, 11) is 0. The van der Waals surface area contributed by atoms with Gasteiger partial charge in [-0.25, -0.2) is 0 Å². The van der Waals surface area contributed by atoms with Gasteiger partial charge in [0.15, 0.2) is 0 Å². The van der Waals surface area contributed by atoms with Crippen LogP contribution in [0.2, 0.25) is 0 Å². The Morgan fingerprint density at radius 3 is 2.69 bits per heavy atom. The molecular formula is C13H24N2O. The third kappa shape index (κ3) is 2.24. The monoisotopic (exact) mass is 224 g/mol. The molecule has 92 valence electrons. The summed E-state index contributed by atoms with van der Waals surface area (Å²) in [6.07, 6.45) is 5.46. The highest BCUT2D eigenvalue weighted by Crippen LogP contribution is 2.34. The van der Waals surface area contributed by atoms with Gasteiger partial charge >= 0.3 is 0 Å². The number of hydrogen-bond donors (Lipinski definition) is 1. The number of amides is 1. The van der Waals surface area contributed by atoms with Crippen molar-refractivity contribution in [2.75, 3.05) is 13.1 Å². The van der Waals surface area contributed by atoms with Gasteiger partial charge in [-0.05, 0) is 32.1 Å². The van der Waals surface area contributed by atoms with Gasteiger partial charge < -0.3 is 10.6 Å². The average Bonchev–Trinajstić information content (AvgIpc) is 2.63. The Hall–Kier alpha value is -0.570. The van der Waals surface area contributed by atoms with Crippen LogP contribution in [-0.2, 0) is 4.79 Å². The Morgan fingerprint density at radius 1 is 1.38 bits per heavy atom. The molecular weight excluding hydrogens is 200 g/mol. The Morgan fingerprint density at radius 2 is 2.12 bits per heavy atom. The molecule has 1 aliphatic carbocycles. The van der Waals surface area contributed by atoms with Crippen LogP contribution in [0.15, 0.2) is 0 Å². The van der Waals surface area contributed by atoms with Crippen molar-refractivity contribution in [2.24, 2.45) is 17.6 Å². The predicted octanol–water partition coefficient (Wildman–Crippen LogP) is 1.76. The fourth-order valence-electron chi connectivity index (χ4n) is 3.12. The second-order valence-electron chi connectivity index (χ2n) is 5.98. The first-order valence-corrected chi connectivity index (χ1v) is 6.58. The maximum Gasteiger partial charge on any atom is 0.227 e. The van der Waals surface area contributed by atoms with E-state index >= 15 is 0 Å². The highest BCUT2D eigenvalue weighted by molar-refractivity contribution is 5.80. The molecule has 1 aliphatic heterocycles. The first-order chi connectivity index (χ1) is 7.50. The van der Waals surface area contributed by atoms with E-state index in [9.17, 15) is 4.79 Å². The second kappa shape index (κ2) is 4.36. The summed E-state index contributed by atoms with van der Waals surface area (Å²) in [4.78, 5) is 14.4. The quantitative estimate of drug-likeness (QED) is 0.737. The number of carbonyl (C=O) groups is 1. The van der Waals surface area contributed by atoms with E-state index in [0.29, 0.717) is 11.8 Å². The molecule has 16 heavy (non-hydrogen) atoms. The minimum absolute atomic E-state index is 0.0616. The number of likely N-dealkylation sites (tertiary alicyclic amines) is 1. The maximum absolute atomic E-state index is 12.4. The molecule has 3 atom stereocenters. The molecule has 0 radical (unpaired) electrons. The zero-order valence-corrected chi connectivity index (χ0v) is 10.5. The lowest BCUT2D eigenvalue weighted by Crippen LogP contribution is -2.53. The lowest BCUT2D eigenvalue weighted by atomic mass is 9.74. The molecule has 0 aromatic carbocycles. The highest BCUT2D eigenvalue weighted by Gasteiger charge is 2.40. The van der Waals surface area contributed by atoms with Crippen LogP contribution in [0.1, 0.15) is 46.0 Å². The Kier molecular flexibility index (Phi) is 3.24. The summed E-state index contributed by atoms with van der Waals surface area (Å²) in [5.41, 5.74) is 6.00. The molecule has 3 heteroatoms. The SMILES string of the molecule is CC1CCN(C(=O)C2CCCCC2(C)N)C1. The highest BCUT2D eigenvalue weighted by atomic mass is 16.2. The van der Waals surface area contributed by atoms with Crippen LogP contribution in [0.3, 0.4) is 0 Å². The van der Waals surface area contributed by atoms with Gasteiger partial charge in [-0.2, -0.15) is 0 Å². The fourth-order valence-corrected chi connectivity index (χ4v) is 3.12. The van der Waals surface area contributed by atoms with Gasteiger partial charge in [0.2, 0.25) is 5.91 Å². The molecule has 3 nitrogen and oxygen atoms in total. The minimum atomic E-state index is -0.277. The summed E-state index contributed by atoms with van der Waals surface area (Å²) < 4.78 is 0. The van der Waals surface area contributed by atoms with Crippen molar-refractivity contribution in [1.82, 2.24) is 4.90 Å². The number of nitrogens with zero attached hydrogens (tertiary/aromatic N) is 1. The first-order valence-electron chi connectivity index (χ1n) is 6.58. The molecule has 1 amide bonds. The van der Waals surface area contributed by atoms with Crippen LogP contribution in [0, 0.1) is 11.8 Å². The lowest BCUT2D eigenvalue weighted by molar-refractivity contribution is -0.137. The van der Waals surface area contributed by atoms with E-state index in [0.717, 1.165) is 38.8 Å². The van der Waals surface area contributed by atoms with Crippen molar-refractivity contribution in [2.45, 2.75) is 51.5 Å². The van der Waals surface area contributed by atoms with Gasteiger partial charge in [0.1, 0.15) is 0 Å². The van der Waals surface area contributed by atoms with E-state index in [1.807, 2.05) is 11.8 Å².